The molecule has 27 heavy (non-hydrogen) atoms. The van der Waals surface area contributed by atoms with E-state index in [9.17, 15) is 9.59 Å². The zero-order chi connectivity index (χ0) is 20.0. The Kier molecular flexibility index (Phi) is 20.8. The Hall–Kier alpha value is -0.860. The van der Waals surface area contributed by atoms with Gasteiger partial charge < -0.3 is 4.74 Å². The van der Waals surface area contributed by atoms with Crippen molar-refractivity contribution in [2.45, 2.75) is 135 Å². The minimum Gasteiger partial charge on any atom is -0.469 e. The van der Waals surface area contributed by atoms with E-state index in [1.807, 2.05) is 0 Å². The molecule has 160 valence electrons. The van der Waals surface area contributed by atoms with Crippen LogP contribution < -0.4 is 0 Å². The van der Waals surface area contributed by atoms with Gasteiger partial charge in [0.2, 0.25) is 0 Å². The highest BCUT2D eigenvalue weighted by Crippen LogP contribution is 2.13. The standard InChI is InChI=1S/C24H46O3/c1-3-4-5-6-7-8-9-11-14-17-20-23(25)21-18-15-12-10-13-16-19-22-24(26)27-2/h3-22H2,1-2H3. The molecule has 0 heterocycles. The van der Waals surface area contributed by atoms with Gasteiger partial charge in [-0.3, -0.25) is 9.59 Å². The molecule has 0 saturated carbocycles. The predicted octanol–water partition coefficient (Wildman–Crippen LogP) is 7.55. The highest BCUT2D eigenvalue weighted by atomic mass is 16.5. The van der Waals surface area contributed by atoms with E-state index >= 15 is 0 Å². The number of carbonyl (C=O) groups is 2. The number of esters is 1. The SMILES string of the molecule is CCCCCCCCCCCCC(=O)CCCCCCCCCC(=O)OC. The molecule has 0 rings (SSSR count). The molecule has 0 bridgehead atoms. The Morgan fingerprint density at radius 1 is 0.519 bits per heavy atom. The lowest BCUT2D eigenvalue weighted by Gasteiger charge is -2.04. The molecular weight excluding hydrogens is 336 g/mol. The molecule has 0 aromatic rings. The number of carbonyl (C=O) groups excluding carboxylic acids is 2. The van der Waals surface area contributed by atoms with E-state index in [1.54, 1.807) is 0 Å². The van der Waals surface area contributed by atoms with Gasteiger partial charge in [0, 0.05) is 19.3 Å². The van der Waals surface area contributed by atoms with Crippen molar-refractivity contribution >= 4 is 11.8 Å². The lowest BCUT2D eigenvalue weighted by molar-refractivity contribution is -0.140. The van der Waals surface area contributed by atoms with Crippen LogP contribution in [0.4, 0.5) is 0 Å². The molecule has 0 spiro atoms. The maximum absolute atomic E-state index is 11.9. The molecule has 0 aliphatic heterocycles. The number of rotatable bonds is 21. The van der Waals surface area contributed by atoms with E-state index in [4.69, 9.17) is 0 Å². The second-order valence-corrected chi connectivity index (χ2v) is 8.02. The largest absolute Gasteiger partial charge is 0.469 e. The van der Waals surface area contributed by atoms with Crippen LogP contribution in [0.25, 0.3) is 0 Å². The van der Waals surface area contributed by atoms with E-state index < -0.39 is 0 Å². The Morgan fingerprint density at radius 2 is 0.852 bits per heavy atom. The molecule has 0 aromatic heterocycles. The average Bonchev–Trinajstić information content (AvgIpc) is 2.67. The van der Waals surface area contributed by atoms with E-state index in [-0.39, 0.29) is 5.97 Å². The molecule has 0 saturated heterocycles. The third-order valence-electron chi connectivity index (χ3n) is 5.37. The maximum atomic E-state index is 11.9. The van der Waals surface area contributed by atoms with Crippen LogP contribution in [-0.2, 0) is 14.3 Å². The van der Waals surface area contributed by atoms with Crippen molar-refractivity contribution in [3.8, 4) is 0 Å². The van der Waals surface area contributed by atoms with Gasteiger partial charge in [-0.1, -0.05) is 96.8 Å². The van der Waals surface area contributed by atoms with Crippen LogP contribution >= 0.6 is 0 Å². The van der Waals surface area contributed by atoms with Gasteiger partial charge in [-0.2, -0.15) is 0 Å². The fourth-order valence-corrected chi connectivity index (χ4v) is 3.51. The molecule has 0 radical (unpaired) electrons. The van der Waals surface area contributed by atoms with E-state index in [2.05, 4.69) is 11.7 Å². The van der Waals surface area contributed by atoms with Gasteiger partial charge in [-0.25, -0.2) is 0 Å². The summed E-state index contributed by atoms with van der Waals surface area (Å²) < 4.78 is 4.63. The average molecular weight is 383 g/mol. The first kappa shape index (κ1) is 26.1. The van der Waals surface area contributed by atoms with Gasteiger partial charge in [0.15, 0.2) is 0 Å². The van der Waals surface area contributed by atoms with Crippen molar-refractivity contribution in [3.05, 3.63) is 0 Å². The van der Waals surface area contributed by atoms with Crippen LogP contribution in [-0.4, -0.2) is 18.9 Å². The molecule has 0 amide bonds. The first-order valence-corrected chi connectivity index (χ1v) is 11.8. The lowest BCUT2D eigenvalue weighted by atomic mass is 10.0. The minimum absolute atomic E-state index is 0.101. The van der Waals surface area contributed by atoms with E-state index in [1.165, 1.54) is 90.6 Å². The molecular formula is C24H46O3. The number of unbranched alkanes of at least 4 members (excludes halogenated alkanes) is 15. The molecule has 3 nitrogen and oxygen atoms in total. The summed E-state index contributed by atoms with van der Waals surface area (Å²) >= 11 is 0. The second kappa shape index (κ2) is 21.4. The van der Waals surface area contributed by atoms with Crippen LogP contribution in [0.5, 0.6) is 0 Å². The third kappa shape index (κ3) is 21.3. The Bertz CT molecular complexity index is 339. The maximum Gasteiger partial charge on any atom is 0.305 e. The summed E-state index contributed by atoms with van der Waals surface area (Å²) in [5.41, 5.74) is 0. The monoisotopic (exact) mass is 382 g/mol. The van der Waals surface area contributed by atoms with Gasteiger partial charge in [-0.05, 0) is 19.3 Å². The smallest absolute Gasteiger partial charge is 0.305 e. The van der Waals surface area contributed by atoms with Crippen molar-refractivity contribution in [2.75, 3.05) is 7.11 Å². The van der Waals surface area contributed by atoms with Gasteiger partial charge in [0.25, 0.3) is 0 Å². The zero-order valence-corrected chi connectivity index (χ0v) is 18.4. The summed E-state index contributed by atoms with van der Waals surface area (Å²) in [6.45, 7) is 2.26. The van der Waals surface area contributed by atoms with Gasteiger partial charge >= 0.3 is 5.97 Å². The second-order valence-electron chi connectivity index (χ2n) is 8.02. The van der Waals surface area contributed by atoms with Crippen LogP contribution in [0.15, 0.2) is 0 Å². The van der Waals surface area contributed by atoms with Crippen molar-refractivity contribution in [1.82, 2.24) is 0 Å². The Balaban J connectivity index is 3.19. The molecule has 0 fully saturated rings. The topological polar surface area (TPSA) is 43.4 Å². The van der Waals surface area contributed by atoms with Gasteiger partial charge in [-0.15, -0.1) is 0 Å². The number of hydrogen-bond acceptors (Lipinski definition) is 3. The number of ether oxygens (including phenoxy) is 1. The molecule has 0 unspecified atom stereocenters. The quantitative estimate of drug-likeness (QED) is 0.152. The Labute approximate surface area is 169 Å². The molecule has 0 aliphatic rings. The highest BCUT2D eigenvalue weighted by Gasteiger charge is 2.02. The summed E-state index contributed by atoms with van der Waals surface area (Å²) in [7, 11) is 1.44. The van der Waals surface area contributed by atoms with Gasteiger partial charge in [0.1, 0.15) is 5.78 Å². The number of ketones is 1. The fraction of sp³-hybridized carbons (Fsp3) is 0.917. The number of Topliss-reactive ketones (excluding diaryl/α,β-unsaturated/α-hetero) is 1. The molecule has 0 aromatic carbocycles. The van der Waals surface area contributed by atoms with Crippen molar-refractivity contribution in [1.29, 1.82) is 0 Å². The first-order valence-electron chi connectivity index (χ1n) is 11.8. The highest BCUT2D eigenvalue weighted by molar-refractivity contribution is 5.78. The number of hydrogen-bond donors (Lipinski definition) is 0. The fourth-order valence-electron chi connectivity index (χ4n) is 3.51. The normalized spacial score (nSPS) is 10.9. The molecule has 0 atom stereocenters. The minimum atomic E-state index is -0.101. The van der Waals surface area contributed by atoms with Gasteiger partial charge in [0.05, 0.1) is 7.11 Å². The third-order valence-corrected chi connectivity index (χ3v) is 5.37. The van der Waals surface area contributed by atoms with Crippen molar-refractivity contribution < 1.29 is 14.3 Å². The van der Waals surface area contributed by atoms with Crippen LogP contribution in [0, 0.1) is 0 Å². The first-order chi connectivity index (χ1) is 13.2. The predicted molar refractivity (Wildman–Crippen MR) is 115 cm³/mol. The zero-order valence-electron chi connectivity index (χ0n) is 18.4. The summed E-state index contributed by atoms with van der Waals surface area (Å²) in [5.74, 6) is 0.364. The lowest BCUT2D eigenvalue weighted by Crippen LogP contribution is -1.99. The molecule has 0 N–H and O–H groups in total. The summed E-state index contributed by atoms with van der Waals surface area (Å²) in [6, 6.07) is 0. The number of methoxy groups -OCH3 is 1. The molecule has 0 aliphatic carbocycles. The Morgan fingerprint density at radius 3 is 1.22 bits per heavy atom. The molecule has 3 heteroatoms. The van der Waals surface area contributed by atoms with Crippen LogP contribution in [0.1, 0.15) is 135 Å². The van der Waals surface area contributed by atoms with Crippen molar-refractivity contribution in [2.24, 2.45) is 0 Å². The van der Waals surface area contributed by atoms with Crippen molar-refractivity contribution in [3.63, 3.8) is 0 Å². The summed E-state index contributed by atoms with van der Waals surface area (Å²) in [6.07, 6.45) is 23.2. The van der Waals surface area contributed by atoms with Crippen LogP contribution in [0.3, 0.4) is 0 Å². The van der Waals surface area contributed by atoms with Crippen LogP contribution in [0.2, 0.25) is 0 Å². The summed E-state index contributed by atoms with van der Waals surface area (Å²) in [4.78, 5) is 22.9. The van der Waals surface area contributed by atoms with E-state index in [0.717, 1.165) is 38.5 Å². The van der Waals surface area contributed by atoms with E-state index in [0.29, 0.717) is 12.2 Å². The summed E-state index contributed by atoms with van der Waals surface area (Å²) in [5, 5.41) is 0.